The average Bonchev–Trinajstić information content (AvgIpc) is 2.82. The molecule has 2 fully saturated rings. The van der Waals surface area contributed by atoms with Crippen LogP contribution in [0.15, 0.2) is 0 Å². The summed E-state index contributed by atoms with van der Waals surface area (Å²) in [4.78, 5) is 13.2. The standard InChI is InChI=1S/C14H25NO3/c16-14(17)10-12-4-1-7-15(11-12)8-2-5-13-6-3-9-18-13/h12-13H,1-11H2,(H,16,17). The van der Waals surface area contributed by atoms with Crippen LogP contribution in [0.2, 0.25) is 0 Å². The first-order valence-electron chi connectivity index (χ1n) is 7.30. The van der Waals surface area contributed by atoms with Gasteiger partial charge < -0.3 is 14.7 Å². The maximum Gasteiger partial charge on any atom is 0.303 e. The second-order valence-electron chi connectivity index (χ2n) is 5.68. The minimum absolute atomic E-state index is 0.336. The lowest BCUT2D eigenvalue weighted by Crippen LogP contribution is -2.37. The van der Waals surface area contributed by atoms with Crippen LogP contribution in [0.25, 0.3) is 0 Å². The van der Waals surface area contributed by atoms with Gasteiger partial charge in [0.25, 0.3) is 0 Å². The molecule has 1 N–H and O–H groups in total. The quantitative estimate of drug-likeness (QED) is 0.790. The Labute approximate surface area is 109 Å². The minimum atomic E-state index is -0.652. The summed E-state index contributed by atoms with van der Waals surface area (Å²) >= 11 is 0. The molecule has 0 aliphatic carbocycles. The van der Waals surface area contributed by atoms with E-state index in [0.717, 1.165) is 39.1 Å². The molecule has 2 aliphatic heterocycles. The van der Waals surface area contributed by atoms with E-state index in [4.69, 9.17) is 9.84 Å². The Morgan fingerprint density at radius 1 is 1.33 bits per heavy atom. The largest absolute Gasteiger partial charge is 0.481 e. The average molecular weight is 255 g/mol. The number of carbonyl (C=O) groups is 1. The van der Waals surface area contributed by atoms with Gasteiger partial charge in [-0.15, -0.1) is 0 Å². The molecular weight excluding hydrogens is 230 g/mol. The predicted octanol–water partition coefficient (Wildman–Crippen LogP) is 2.13. The zero-order valence-electron chi connectivity index (χ0n) is 11.1. The number of hydrogen-bond donors (Lipinski definition) is 1. The second kappa shape index (κ2) is 7.10. The van der Waals surface area contributed by atoms with Crippen LogP contribution in [0.3, 0.4) is 0 Å². The number of ether oxygens (including phenoxy) is 1. The maximum absolute atomic E-state index is 10.7. The molecule has 2 atom stereocenters. The topological polar surface area (TPSA) is 49.8 Å². The highest BCUT2D eigenvalue weighted by Crippen LogP contribution is 2.21. The molecule has 0 amide bonds. The van der Waals surface area contributed by atoms with Crippen molar-refractivity contribution in [2.75, 3.05) is 26.2 Å². The monoisotopic (exact) mass is 255 g/mol. The molecule has 0 saturated carbocycles. The SMILES string of the molecule is O=C(O)CC1CCCN(CCCC2CCCO2)C1. The number of aliphatic carboxylic acids is 1. The van der Waals surface area contributed by atoms with E-state index in [1.54, 1.807) is 0 Å². The van der Waals surface area contributed by atoms with E-state index in [2.05, 4.69) is 4.90 Å². The lowest BCUT2D eigenvalue weighted by Gasteiger charge is -2.32. The molecule has 4 nitrogen and oxygen atoms in total. The van der Waals surface area contributed by atoms with Crippen molar-refractivity contribution < 1.29 is 14.6 Å². The van der Waals surface area contributed by atoms with Gasteiger partial charge in [0.2, 0.25) is 0 Å². The summed E-state index contributed by atoms with van der Waals surface area (Å²) < 4.78 is 5.62. The molecule has 0 aromatic rings. The first-order chi connectivity index (χ1) is 8.74. The summed E-state index contributed by atoms with van der Waals surface area (Å²) in [7, 11) is 0. The zero-order valence-corrected chi connectivity index (χ0v) is 11.1. The second-order valence-corrected chi connectivity index (χ2v) is 5.68. The number of hydrogen-bond acceptors (Lipinski definition) is 3. The molecular formula is C14H25NO3. The van der Waals surface area contributed by atoms with Crippen LogP contribution in [0.4, 0.5) is 0 Å². The Morgan fingerprint density at radius 3 is 2.94 bits per heavy atom. The van der Waals surface area contributed by atoms with Crippen LogP contribution in [0.5, 0.6) is 0 Å². The van der Waals surface area contributed by atoms with E-state index >= 15 is 0 Å². The molecule has 2 rings (SSSR count). The number of nitrogens with zero attached hydrogens (tertiary/aromatic N) is 1. The molecule has 104 valence electrons. The Kier molecular flexibility index (Phi) is 5.45. The molecule has 0 bridgehead atoms. The van der Waals surface area contributed by atoms with Crippen LogP contribution in [-0.2, 0) is 9.53 Å². The van der Waals surface area contributed by atoms with Crippen molar-refractivity contribution in [2.45, 2.75) is 51.0 Å². The predicted molar refractivity (Wildman–Crippen MR) is 69.6 cm³/mol. The number of piperidine rings is 1. The van der Waals surface area contributed by atoms with Crippen molar-refractivity contribution in [1.29, 1.82) is 0 Å². The highest BCUT2D eigenvalue weighted by Gasteiger charge is 2.22. The molecule has 2 aliphatic rings. The first-order valence-corrected chi connectivity index (χ1v) is 7.30. The molecule has 18 heavy (non-hydrogen) atoms. The van der Waals surface area contributed by atoms with Crippen LogP contribution in [0, 0.1) is 5.92 Å². The highest BCUT2D eigenvalue weighted by atomic mass is 16.5. The Morgan fingerprint density at radius 2 is 2.22 bits per heavy atom. The molecule has 2 saturated heterocycles. The molecule has 2 unspecified atom stereocenters. The van der Waals surface area contributed by atoms with Crippen molar-refractivity contribution in [3.05, 3.63) is 0 Å². The molecule has 0 radical (unpaired) electrons. The fourth-order valence-electron chi connectivity index (χ4n) is 3.18. The lowest BCUT2D eigenvalue weighted by atomic mass is 9.94. The summed E-state index contributed by atoms with van der Waals surface area (Å²) in [5.41, 5.74) is 0. The number of carboxylic acid groups (broad SMARTS) is 1. The Balaban J connectivity index is 1.61. The fraction of sp³-hybridized carbons (Fsp3) is 0.929. The third kappa shape index (κ3) is 4.58. The fourth-order valence-corrected chi connectivity index (χ4v) is 3.18. The van der Waals surface area contributed by atoms with E-state index in [0.29, 0.717) is 18.4 Å². The van der Waals surface area contributed by atoms with Crippen molar-refractivity contribution in [1.82, 2.24) is 4.90 Å². The Bertz CT molecular complexity index is 264. The van der Waals surface area contributed by atoms with Gasteiger partial charge in [-0.1, -0.05) is 0 Å². The summed E-state index contributed by atoms with van der Waals surface area (Å²) in [6, 6.07) is 0. The number of carboxylic acids is 1. The van der Waals surface area contributed by atoms with E-state index in [9.17, 15) is 4.79 Å². The van der Waals surface area contributed by atoms with Crippen molar-refractivity contribution >= 4 is 5.97 Å². The normalized spacial score (nSPS) is 29.6. The summed E-state index contributed by atoms with van der Waals surface area (Å²) in [6.45, 7) is 4.16. The molecule has 0 spiro atoms. The van der Waals surface area contributed by atoms with Crippen molar-refractivity contribution in [3.8, 4) is 0 Å². The lowest BCUT2D eigenvalue weighted by molar-refractivity contribution is -0.138. The van der Waals surface area contributed by atoms with Gasteiger partial charge in [-0.2, -0.15) is 0 Å². The van der Waals surface area contributed by atoms with Gasteiger partial charge in [-0.05, 0) is 57.5 Å². The Hall–Kier alpha value is -0.610. The van der Waals surface area contributed by atoms with E-state index < -0.39 is 5.97 Å². The van der Waals surface area contributed by atoms with Gasteiger partial charge >= 0.3 is 5.97 Å². The smallest absolute Gasteiger partial charge is 0.303 e. The van der Waals surface area contributed by atoms with E-state index in [1.807, 2.05) is 0 Å². The molecule has 0 aromatic carbocycles. The first kappa shape index (κ1) is 13.8. The highest BCUT2D eigenvalue weighted by molar-refractivity contribution is 5.67. The van der Waals surface area contributed by atoms with Crippen LogP contribution < -0.4 is 0 Å². The van der Waals surface area contributed by atoms with Gasteiger partial charge in [-0.3, -0.25) is 4.79 Å². The van der Waals surface area contributed by atoms with Crippen LogP contribution >= 0.6 is 0 Å². The zero-order chi connectivity index (χ0) is 12.8. The van der Waals surface area contributed by atoms with Gasteiger partial charge in [-0.25, -0.2) is 0 Å². The van der Waals surface area contributed by atoms with E-state index in [1.165, 1.54) is 25.7 Å². The number of rotatable bonds is 6. The summed E-state index contributed by atoms with van der Waals surface area (Å²) in [5.74, 6) is -0.291. The maximum atomic E-state index is 10.7. The van der Waals surface area contributed by atoms with Gasteiger partial charge in [0, 0.05) is 19.6 Å². The number of likely N-dealkylation sites (tertiary alicyclic amines) is 1. The van der Waals surface area contributed by atoms with Crippen molar-refractivity contribution in [3.63, 3.8) is 0 Å². The third-order valence-corrected chi connectivity index (χ3v) is 4.09. The third-order valence-electron chi connectivity index (χ3n) is 4.09. The van der Waals surface area contributed by atoms with Crippen molar-refractivity contribution in [2.24, 2.45) is 5.92 Å². The molecule has 2 heterocycles. The van der Waals surface area contributed by atoms with Gasteiger partial charge in [0.1, 0.15) is 0 Å². The van der Waals surface area contributed by atoms with E-state index in [-0.39, 0.29) is 0 Å². The van der Waals surface area contributed by atoms with Crippen LogP contribution in [0.1, 0.15) is 44.9 Å². The minimum Gasteiger partial charge on any atom is -0.481 e. The van der Waals surface area contributed by atoms with Gasteiger partial charge in [0.15, 0.2) is 0 Å². The van der Waals surface area contributed by atoms with Gasteiger partial charge in [0.05, 0.1) is 6.10 Å². The molecule has 4 heteroatoms. The van der Waals surface area contributed by atoms with Crippen LogP contribution in [-0.4, -0.2) is 48.3 Å². The summed E-state index contributed by atoms with van der Waals surface area (Å²) in [5, 5.41) is 8.84. The summed E-state index contributed by atoms with van der Waals surface area (Å²) in [6.07, 6.45) is 7.85. The molecule has 0 aromatic heterocycles.